The fraction of sp³-hybridized carbons (Fsp3) is 0.636. The second-order valence-electron chi connectivity index (χ2n) is 4.24. The Hall–Kier alpha value is -1.36. The van der Waals surface area contributed by atoms with Crippen LogP contribution in [-0.4, -0.2) is 44.9 Å². The molecular formula is C11H17N3O2. The van der Waals surface area contributed by atoms with Crippen molar-refractivity contribution in [2.24, 2.45) is 7.05 Å². The molecule has 1 aliphatic heterocycles. The summed E-state index contributed by atoms with van der Waals surface area (Å²) in [6.45, 7) is 2.66. The van der Waals surface area contributed by atoms with E-state index < -0.39 is 0 Å². The first-order chi connectivity index (χ1) is 7.65. The molecule has 1 saturated heterocycles. The van der Waals surface area contributed by atoms with E-state index in [-0.39, 0.29) is 18.6 Å². The van der Waals surface area contributed by atoms with Gasteiger partial charge < -0.3 is 10.0 Å². The SMILES string of the molecule is Cc1c(C(=O)N2CCC[C@H]2CO)cnn1C. The van der Waals surface area contributed by atoms with E-state index in [1.165, 1.54) is 0 Å². The Bertz CT molecular complexity index is 400. The maximum Gasteiger partial charge on any atom is 0.257 e. The molecule has 2 rings (SSSR count). The number of aromatic nitrogens is 2. The van der Waals surface area contributed by atoms with E-state index in [2.05, 4.69) is 5.10 Å². The third-order valence-corrected chi connectivity index (χ3v) is 3.31. The molecule has 0 saturated carbocycles. The quantitative estimate of drug-likeness (QED) is 0.785. The fourth-order valence-electron chi connectivity index (χ4n) is 2.16. The average Bonchev–Trinajstić information content (AvgIpc) is 2.86. The molecule has 0 spiro atoms. The molecule has 0 unspecified atom stereocenters. The van der Waals surface area contributed by atoms with Gasteiger partial charge in [0.1, 0.15) is 0 Å². The molecule has 2 heterocycles. The zero-order valence-electron chi connectivity index (χ0n) is 9.68. The number of hydrogen-bond acceptors (Lipinski definition) is 3. The van der Waals surface area contributed by atoms with Crippen molar-refractivity contribution in [1.82, 2.24) is 14.7 Å². The van der Waals surface area contributed by atoms with Gasteiger partial charge in [0.05, 0.1) is 24.4 Å². The number of aliphatic hydroxyl groups is 1. The molecule has 1 atom stereocenters. The lowest BCUT2D eigenvalue weighted by Gasteiger charge is -2.22. The van der Waals surface area contributed by atoms with Crippen LogP contribution in [0.15, 0.2) is 6.20 Å². The maximum atomic E-state index is 12.2. The van der Waals surface area contributed by atoms with Gasteiger partial charge in [-0.15, -0.1) is 0 Å². The van der Waals surface area contributed by atoms with Crippen molar-refractivity contribution in [3.05, 3.63) is 17.5 Å². The van der Waals surface area contributed by atoms with Crippen molar-refractivity contribution in [2.75, 3.05) is 13.2 Å². The van der Waals surface area contributed by atoms with Crippen LogP contribution in [0.4, 0.5) is 0 Å². The highest BCUT2D eigenvalue weighted by Crippen LogP contribution is 2.20. The van der Waals surface area contributed by atoms with Crippen molar-refractivity contribution in [1.29, 1.82) is 0 Å². The highest BCUT2D eigenvalue weighted by molar-refractivity contribution is 5.95. The van der Waals surface area contributed by atoms with Crippen molar-refractivity contribution in [2.45, 2.75) is 25.8 Å². The first-order valence-electron chi connectivity index (χ1n) is 5.55. The van der Waals surface area contributed by atoms with E-state index in [9.17, 15) is 9.90 Å². The van der Waals surface area contributed by atoms with Crippen LogP contribution in [0.1, 0.15) is 28.9 Å². The molecule has 1 aromatic heterocycles. The second-order valence-corrected chi connectivity index (χ2v) is 4.24. The summed E-state index contributed by atoms with van der Waals surface area (Å²) in [7, 11) is 1.82. The molecule has 1 amide bonds. The van der Waals surface area contributed by atoms with Crippen molar-refractivity contribution in [3.63, 3.8) is 0 Å². The molecule has 1 fully saturated rings. The molecule has 1 aromatic rings. The Labute approximate surface area is 94.7 Å². The van der Waals surface area contributed by atoms with Crippen LogP contribution in [0.2, 0.25) is 0 Å². The van der Waals surface area contributed by atoms with E-state index in [0.29, 0.717) is 5.56 Å². The number of carbonyl (C=O) groups is 1. The van der Waals surface area contributed by atoms with Gasteiger partial charge in [0.25, 0.3) is 5.91 Å². The standard InChI is InChI=1S/C11H17N3O2/c1-8-10(6-12-13(8)2)11(16)14-5-3-4-9(14)7-15/h6,9,15H,3-5,7H2,1-2H3/t9-/m0/s1. The summed E-state index contributed by atoms with van der Waals surface area (Å²) in [6, 6.07) is -0.0212. The molecule has 5 nitrogen and oxygen atoms in total. The number of carbonyl (C=O) groups excluding carboxylic acids is 1. The highest BCUT2D eigenvalue weighted by Gasteiger charge is 2.30. The number of hydrogen-bond donors (Lipinski definition) is 1. The molecule has 88 valence electrons. The highest BCUT2D eigenvalue weighted by atomic mass is 16.3. The minimum absolute atomic E-state index is 0.0119. The summed E-state index contributed by atoms with van der Waals surface area (Å²) in [5.74, 6) is -0.0119. The van der Waals surface area contributed by atoms with Gasteiger partial charge in [0.2, 0.25) is 0 Å². The Morgan fingerprint density at radius 2 is 2.44 bits per heavy atom. The normalized spacial score (nSPS) is 20.4. The van der Waals surface area contributed by atoms with Gasteiger partial charge in [-0.05, 0) is 19.8 Å². The number of likely N-dealkylation sites (tertiary alicyclic amines) is 1. The second kappa shape index (κ2) is 4.25. The van der Waals surface area contributed by atoms with Crippen LogP contribution in [-0.2, 0) is 7.05 Å². The minimum Gasteiger partial charge on any atom is -0.394 e. The molecule has 0 aliphatic carbocycles. The Morgan fingerprint density at radius 3 is 3.00 bits per heavy atom. The van der Waals surface area contributed by atoms with Crippen molar-refractivity contribution >= 4 is 5.91 Å². The average molecular weight is 223 g/mol. The van der Waals surface area contributed by atoms with Crippen LogP contribution < -0.4 is 0 Å². The van der Waals surface area contributed by atoms with Gasteiger partial charge in [0.15, 0.2) is 0 Å². The van der Waals surface area contributed by atoms with Gasteiger partial charge in [-0.2, -0.15) is 5.10 Å². The molecule has 16 heavy (non-hydrogen) atoms. The van der Waals surface area contributed by atoms with Gasteiger partial charge in [-0.1, -0.05) is 0 Å². The fourth-order valence-corrected chi connectivity index (χ4v) is 2.16. The topological polar surface area (TPSA) is 58.4 Å². The molecular weight excluding hydrogens is 206 g/mol. The van der Waals surface area contributed by atoms with E-state index >= 15 is 0 Å². The van der Waals surface area contributed by atoms with Crippen LogP contribution in [0.3, 0.4) is 0 Å². The minimum atomic E-state index is -0.0212. The van der Waals surface area contributed by atoms with Gasteiger partial charge >= 0.3 is 0 Å². The van der Waals surface area contributed by atoms with Crippen molar-refractivity contribution in [3.8, 4) is 0 Å². The lowest BCUT2D eigenvalue weighted by molar-refractivity contribution is 0.0677. The lowest BCUT2D eigenvalue weighted by atomic mass is 10.2. The van der Waals surface area contributed by atoms with Crippen molar-refractivity contribution < 1.29 is 9.90 Å². The van der Waals surface area contributed by atoms with E-state index in [1.807, 2.05) is 14.0 Å². The number of aliphatic hydroxyl groups excluding tert-OH is 1. The largest absolute Gasteiger partial charge is 0.394 e. The van der Waals surface area contributed by atoms with Crippen LogP contribution in [0.5, 0.6) is 0 Å². The van der Waals surface area contributed by atoms with E-state index in [0.717, 1.165) is 25.1 Å². The summed E-state index contributed by atoms with van der Waals surface area (Å²) in [6.07, 6.45) is 3.46. The Balaban J connectivity index is 2.22. The molecule has 0 aromatic carbocycles. The van der Waals surface area contributed by atoms with Crippen LogP contribution in [0, 0.1) is 6.92 Å². The number of amides is 1. The van der Waals surface area contributed by atoms with Gasteiger partial charge in [-0.3, -0.25) is 9.48 Å². The smallest absolute Gasteiger partial charge is 0.257 e. The first kappa shape index (κ1) is 11.1. The summed E-state index contributed by atoms with van der Waals surface area (Å²) in [5, 5.41) is 13.3. The van der Waals surface area contributed by atoms with E-state index in [1.54, 1.807) is 15.8 Å². The predicted molar refractivity (Wildman–Crippen MR) is 59.1 cm³/mol. The lowest BCUT2D eigenvalue weighted by Crippen LogP contribution is -2.37. The summed E-state index contributed by atoms with van der Waals surface area (Å²) in [5.41, 5.74) is 1.51. The van der Waals surface area contributed by atoms with Crippen LogP contribution in [0.25, 0.3) is 0 Å². The van der Waals surface area contributed by atoms with Crippen LogP contribution >= 0.6 is 0 Å². The van der Waals surface area contributed by atoms with E-state index in [4.69, 9.17) is 0 Å². The third-order valence-electron chi connectivity index (χ3n) is 3.31. The number of rotatable bonds is 2. The molecule has 5 heteroatoms. The third kappa shape index (κ3) is 1.71. The summed E-state index contributed by atoms with van der Waals surface area (Å²) >= 11 is 0. The molecule has 1 N–H and O–H groups in total. The number of aryl methyl sites for hydroxylation is 1. The summed E-state index contributed by atoms with van der Waals surface area (Å²) < 4.78 is 1.69. The van der Waals surface area contributed by atoms with Gasteiger partial charge in [-0.25, -0.2) is 0 Å². The maximum absolute atomic E-state index is 12.2. The predicted octanol–water partition coefficient (Wildman–Crippen LogP) is 0.325. The molecule has 0 bridgehead atoms. The zero-order chi connectivity index (χ0) is 11.7. The zero-order valence-corrected chi connectivity index (χ0v) is 9.68. The molecule has 0 radical (unpaired) electrons. The molecule has 1 aliphatic rings. The monoisotopic (exact) mass is 223 g/mol. The number of nitrogens with zero attached hydrogens (tertiary/aromatic N) is 3. The first-order valence-corrected chi connectivity index (χ1v) is 5.55. The Kier molecular flexibility index (Phi) is 2.96. The Morgan fingerprint density at radius 1 is 1.69 bits per heavy atom. The van der Waals surface area contributed by atoms with Gasteiger partial charge in [0, 0.05) is 19.3 Å². The summed E-state index contributed by atoms with van der Waals surface area (Å²) in [4.78, 5) is 14.0.